The Morgan fingerprint density at radius 1 is 0.561 bits per heavy atom. The first kappa shape index (κ1) is 69.4. The van der Waals surface area contributed by atoms with Gasteiger partial charge in [-0.2, -0.15) is 52.3 Å². The summed E-state index contributed by atoms with van der Waals surface area (Å²) in [5.74, 6) is -2.39. The number of allylic oxidation sites excluding steroid dienone is 2. The molecule has 0 atom stereocenters. The molecule has 4 aliphatic heterocycles. The van der Waals surface area contributed by atoms with Crippen molar-refractivity contribution < 1.29 is 50.2 Å². The normalized spacial score (nSPS) is 15.4. The highest BCUT2D eigenvalue weighted by molar-refractivity contribution is 7.99. The molecule has 3 aromatic heterocycles. The smallest absolute Gasteiger partial charge is 0.294 e. The molecular weight excluding hydrogens is 1360 g/mol. The van der Waals surface area contributed by atoms with E-state index in [1.807, 2.05) is 73.9 Å². The zero-order valence-electron chi connectivity index (χ0n) is 53.1. The van der Waals surface area contributed by atoms with Gasteiger partial charge in [0.05, 0.1) is 59.8 Å². The molecule has 11 rings (SSSR count). The summed E-state index contributed by atoms with van der Waals surface area (Å²) >= 11 is 3.28. The molecule has 0 unspecified atom stereocenters. The van der Waals surface area contributed by atoms with Crippen molar-refractivity contribution in [1.82, 2.24) is 34.7 Å². The molecule has 2 fully saturated rings. The summed E-state index contributed by atoms with van der Waals surface area (Å²) in [6.45, 7) is 13.0. The van der Waals surface area contributed by atoms with E-state index < -0.39 is 53.7 Å². The van der Waals surface area contributed by atoms with Crippen molar-refractivity contribution in [1.29, 1.82) is 10.5 Å². The van der Waals surface area contributed by atoms with Crippen LogP contribution in [0.3, 0.4) is 0 Å². The third-order valence-electron chi connectivity index (χ3n) is 16.3. The van der Waals surface area contributed by atoms with E-state index in [1.165, 1.54) is 23.9 Å². The largest absolute Gasteiger partial charge is 0.396 e. The second kappa shape index (κ2) is 29.8. The molecule has 30 nitrogen and oxygen atoms in total. The van der Waals surface area contributed by atoms with Crippen LogP contribution in [0, 0.1) is 22.7 Å². The molecule has 5 N–H and O–H groups in total. The number of nitrogens with zero attached hydrogens (tertiary/aromatic N) is 17. The summed E-state index contributed by atoms with van der Waals surface area (Å²) in [6, 6.07) is 21.0. The van der Waals surface area contributed by atoms with Crippen molar-refractivity contribution in [3.05, 3.63) is 116 Å². The number of azo groups is 2. The number of benzene rings is 4. The number of aliphatic hydroxyl groups is 1. The predicted molar refractivity (Wildman–Crippen MR) is 370 cm³/mol. The SMILES string of the molecule is CCN(CC)c1ccc(N=Nc2nc(N3CCCCC3)c(/C=C(\C#N)N3C(=O)c4ccc(S(=O)(=O)O)cc4C3=O)s2)c(Nc2nc(Nc3cc(N(CC)CC)ccc3N=Nc3nc(N4CCCCC4)c(/C=C(\C#N)N4C(=O)c5ccc(S(=O)(=O)O)cc5C4=O)s3)nc(SCCO)n2)c1. The Balaban J connectivity index is 0.928. The Morgan fingerprint density at radius 2 is 0.959 bits per heavy atom. The van der Waals surface area contributed by atoms with Crippen LogP contribution in [0.4, 0.5) is 67.9 Å². The van der Waals surface area contributed by atoms with E-state index in [9.17, 15) is 60.7 Å². The number of piperidine rings is 2. The first-order valence-electron chi connectivity index (χ1n) is 31.1. The highest BCUT2D eigenvalue weighted by Crippen LogP contribution is 2.42. The number of thioether (sulfide) groups is 1. The zero-order chi connectivity index (χ0) is 69.6. The molecule has 0 bridgehead atoms. The van der Waals surface area contributed by atoms with E-state index in [0.717, 1.165) is 109 Å². The van der Waals surface area contributed by atoms with Gasteiger partial charge in [-0.25, -0.2) is 9.80 Å². The molecule has 506 valence electrons. The topological polar surface area (TPSA) is 402 Å². The van der Waals surface area contributed by atoms with E-state index in [0.29, 0.717) is 106 Å². The predicted octanol–water partition coefficient (Wildman–Crippen LogP) is 11.7. The van der Waals surface area contributed by atoms with Crippen LogP contribution in [0.15, 0.2) is 120 Å². The number of carbonyl (C=O) groups excluding carboxylic acids is 4. The Hall–Kier alpha value is -9.98. The Kier molecular flexibility index (Phi) is 21.1. The second-order valence-electron chi connectivity index (χ2n) is 22.2. The van der Waals surface area contributed by atoms with Crippen LogP contribution in [-0.2, 0) is 20.2 Å². The van der Waals surface area contributed by atoms with Crippen LogP contribution >= 0.6 is 34.4 Å². The summed E-state index contributed by atoms with van der Waals surface area (Å²) in [4.78, 5) is 88.2. The minimum atomic E-state index is -4.73. The summed E-state index contributed by atoms with van der Waals surface area (Å²) in [5, 5.41) is 56.9. The first-order chi connectivity index (χ1) is 47.1. The number of hydrogen-bond donors (Lipinski definition) is 5. The number of nitriles is 2. The van der Waals surface area contributed by atoms with Crippen molar-refractivity contribution in [2.75, 3.05) is 95.0 Å². The van der Waals surface area contributed by atoms with Crippen LogP contribution in [-0.4, -0.2) is 154 Å². The number of aromatic nitrogens is 5. The van der Waals surface area contributed by atoms with Crippen LogP contribution < -0.4 is 30.2 Å². The van der Waals surface area contributed by atoms with Gasteiger partial charge < -0.3 is 35.3 Å². The van der Waals surface area contributed by atoms with Crippen molar-refractivity contribution in [3.8, 4) is 12.1 Å². The molecule has 7 aromatic rings. The lowest BCUT2D eigenvalue weighted by atomic mass is 10.1. The minimum absolute atomic E-state index is 0.0639. The number of hydrogen-bond acceptors (Lipinski definition) is 29. The Labute approximate surface area is 575 Å². The molecule has 2 saturated heterocycles. The fourth-order valence-electron chi connectivity index (χ4n) is 11.4. The molecule has 4 aliphatic rings. The van der Waals surface area contributed by atoms with Gasteiger partial charge in [-0.05, 0) is 151 Å². The van der Waals surface area contributed by atoms with Gasteiger partial charge in [-0.3, -0.25) is 28.3 Å². The summed E-state index contributed by atoms with van der Waals surface area (Å²) in [5.41, 5.74) is 1.50. The third-order valence-corrected chi connectivity index (χ3v) is 20.5. The fourth-order valence-corrected chi connectivity index (χ4v) is 14.7. The third kappa shape index (κ3) is 14.9. The number of amides is 4. The van der Waals surface area contributed by atoms with E-state index in [4.69, 9.17) is 35.1 Å². The fraction of sp³-hybridized carbons (Fsp3) is 0.317. The van der Waals surface area contributed by atoms with Crippen molar-refractivity contribution >= 4 is 158 Å². The van der Waals surface area contributed by atoms with Crippen LogP contribution in [0.1, 0.15) is 117 Å². The van der Waals surface area contributed by atoms with Crippen LogP contribution in [0.5, 0.6) is 0 Å². The Bertz CT molecular complexity index is 4480. The lowest BCUT2D eigenvalue weighted by Gasteiger charge is -2.27. The second-order valence-corrected chi connectivity index (χ2v) is 28.2. The maximum absolute atomic E-state index is 13.8. The van der Waals surface area contributed by atoms with Gasteiger partial charge in [-0.1, -0.05) is 34.4 Å². The molecule has 4 aromatic carbocycles. The average molecular weight is 1420 g/mol. The zero-order valence-corrected chi connectivity index (χ0v) is 57.2. The number of thiazole rings is 2. The van der Waals surface area contributed by atoms with Gasteiger partial charge in [0.15, 0.2) is 5.16 Å². The number of anilines is 8. The van der Waals surface area contributed by atoms with Crippen LogP contribution in [0.25, 0.3) is 12.2 Å². The van der Waals surface area contributed by atoms with Gasteiger partial charge >= 0.3 is 0 Å². The Morgan fingerprint density at radius 3 is 1.33 bits per heavy atom. The number of rotatable bonds is 25. The van der Waals surface area contributed by atoms with Crippen molar-refractivity contribution in [2.24, 2.45) is 20.5 Å². The van der Waals surface area contributed by atoms with E-state index in [2.05, 4.69) is 30.7 Å². The van der Waals surface area contributed by atoms with Gasteiger partial charge in [0.2, 0.25) is 22.2 Å². The van der Waals surface area contributed by atoms with E-state index in [1.54, 1.807) is 12.1 Å². The molecule has 0 radical (unpaired) electrons. The molecule has 7 heterocycles. The maximum Gasteiger partial charge on any atom is 0.294 e. The average Bonchev–Trinajstić information content (AvgIpc) is 1.61. The maximum atomic E-state index is 13.8. The van der Waals surface area contributed by atoms with Gasteiger partial charge in [0.1, 0.15) is 46.5 Å². The minimum Gasteiger partial charge on any atom is -0.396 e. The number of nitrogens with one attached hydrogen (secondary N) is 2. The van der Waals surface area contributed by atoms with Gasteiger partial charge in [0.25, 0.3) is 43.9 Å². The molecule has 0 saturated carbocycles. The van der Waals surface area contributed by atoms with Gasteiger partial charge in [-0.15, -0.1) is 20.5 Å². The van der Waals surface area contributed by atoms with Crippen LogP contribution in [0.2, 0.25) is 0 Å². The lowest BCUT2D eigenvalue weighted by molar-refractivity contribution is 0.0696. The summed E-state index contributed by atoms with van der Waals surface area (Å²) in [6.07, 6.45) is 8.08. The number of fused-ring (bicyclic) bond motifs is 2. The summed E-state index contributed by atoms with van der Waals surface area (Å²) < 4.78 is 67.2. The molecule has 98 heavy (non-hydrogen) atoms. The molecule has 4 amide bonds. The van der Waals surface area contributed by atoms with E-state index in [-0.39, 0.29) is 73.3 Å². The number of carbonyl (C=O) groups is 4. The first-order valence-corrected chi connectivity index (χ1v) is 36.6. The van der Waals surface area contributed by atoms with Gasteiger partial charge in [0, 0.05) is 69.5 Å². The summed E-state index contributed by atoms with van der Waals surface area (Å²) in [7, 11) is -9.46. The highest BCUT2D eigenvalue weighted by atomic mass is 32.2. The standard InChI is InChI=1S/C63H63N19O11S5/c1-5-77(6-2)37-15-21-47(73-75-62-68-53(79-23-11-9-12-24-79)51(95-62)31-39(35-64)81-55(84)43-19-17-41(97(88,89)90)33-45(43)57(81)86)49(29-37)66-59-70-60(72-61(71-59)94-28-27-83)67-50-30-38(78(7-3)8-4)16-22-48(50)74-76-63-69-54(80-25-13-10-14-26-80)52(96-63)32-40(36-65)82-56(85)44-20-18-42(98(91,92)93)34-46(44)58(82)87/h15-22,29-34,83H,5-14,23-28H2,1-4H3,(H,88,89,90)(H,91,92,93)(H2,66,67,70,71,72)/b39-31+,40-32+,75-73?,76-74?. The molecule has 0 aliphatic carbocycles. The quantitative estimate of drug-likeness (QED) is 0.0117. The molecule has 35 heteroatoms. The monoisotopic (exact) mass is 1420 g/mol. The van der Waals surface area contributed by atoms with E-state index >= 15 is 0 Å². The van der Waals surface area contributed by atoms with Crippen molar-refractivity contribution in [3.63, 3.8) is 0 Å². The number of aliphatic hydroxyl groups excluding tert-OH is 1. The molecule has 0 spiro atoms. The number of imide groups is 2. The lowest BCUT2D eigenvalue weighted by Crippen LogP contribution is -2.30. The van der Waals surface area contributed by atoms with Crippen molar-refractivity contribution in [2.45, 2.75) is 81.2 Å². The highest BCUT2D eigenvalue weighted by Gasteiger charge is 2.41. The molecular formula is C63H63N19O11S5.